The van der Waals surface area contributed by atoms with E-state index in [-0.39, 0.29) is 0 Å². The lowest BCUT2D eigenvalue weighted by Gasteiger charge is -2.36. The normalized spacial score (nSPS) is 19.5. The van der Waals surface area contributed by atoms with Gasteiger partial charge < -0.3 is 15.0 Å². The number of anilines is 1. The Kier molecular flexibility index (Phi) is 5.39. The summed E-state index contributed by atoms with van der Waals surface area (Å²) in [4.78, 5) is 11.0. The smallest absolute Gasteiger partial charge is 0.218 e. The molecule has 2 heterocycles. The van der Waals surface area contributed by atoms with Crippen LogP contribution in [0.3, 0.4) is 0 Å². The van der Waals surface area contributed by atoms with E-state index in [1.165, 1.54) is 19.3 Å². The maximum Gasteiger partial charge on any atom is 0.218 e. The van der Waals surface area contributed by atoms with Gasteiger partial charge in [-0.25, -0.2) is 9.97 Å². The van der Waals surface area contributed by atoms with Crippen molar-refractivity contribution in [2.45, 2.75) is 38.6 Å². The van der Waals surface area contributed by atoms with E-state index in [2.05, 4.69) is 20.2 Å². The predicted molar refractivity (Wildman–Crippen MR) is 76.7 cm³/mol. The molecule has 1 fully saturated rings. The maximum atomic E-state index is 5.46. The molecule has 1 aromatic heterocycles. The van der Waals surface area contributed by atoms with Crippen LogP contribution in [-0.4, -0.2) is 42.8 Å². The van der Waals surface area contributed by atoms with Gasteiger partial charge in [-0.1, -0.05) is 0 Å². The lowest BCUT2D eigenvalue weighted by molar-refractivity contribution is 0.325. The average molecular weight is 264 g/mol. The zero-order valence-electron chi connectivity index (χ0n) is 11.9. The van der Waals surface area contributed by atoms with Crippen LogP contribution < -0.4 is 15.0 Å². The Morgan fingerprint density at radius 3 is 3.11 bits per heavy atom. The number of rotatable bonds is 6. The van der Waals surface area contributed by atoms with Gasteiger partial charge >= 0.3 is 0 Å². The fraction of sp³-hybridized carbons (Fsp3) is 0.714. The van der Waals surface area contributed by atoms with Crippen LogP contribution in [0.1, 0.15) is 32.6 Å². The fourth-order valence-corrected chi connectivity index (χ4v) is 2.63. The molecule has 19 heavy (non-hydrogen) atoms. The van der Waals surface area contributed by atoms with Gasteiger partial charge in [0.25, 0.3) is 0 Å². The highest BCUT2D eigenvalue weighted by molar-refractivity contribution is 5.42. The minimum atomic E-state index is 0.575. The number of aromatic nitrogens is 2. The topological polar surface area (TPSA) is 50.3 Å². The molecule has 1 aliphatic rings. The summed E-state index contributed by atoms with van der Waals surface area (Å²) in [5.41, 5.74) is 0. The number of piperidine rings is 1. The third-order valence-electron chi connectivity index (χ3n) is 3.57. The summed E-state index contributed by atoms with van der Waals surface area (Å²) < 4.78 is 5.46. The quantitative estimate of drug-likeness (QED) is 0.849. The van der Waals surface area contributed by atoms with Crippen molar-refractivity contribution in [3.8, 4) is 5.88 Å². The Balaban J connectivity index is 2.09. The molecule has 0 bridgehead atoms. The molecule has 0 radical (unpaired) electrons. The lowest BCUT2D eigenvalue weighted by Crippen LogP contribution is -2.41. The largest absolute Gasteiger partial charge is 0.478 e. The number of ether oxygens (including phenoxy) is 1. The van der Waals surface area contributed by atoms with Crippen molar-refractivity contribution < 1.29 is 4.74 Å². The van der Waals surface area contributed by atoms with Crippen molar-refractivity contribution in [2.24, 2.45) is 0 Å². The van der Waals surface area contributed by atoms with Gasteiger partial charge in [0.05, 0.1) is 6.61 Å². The van der Waals surface area contributed by atoms with E-state index in [9.17, 15) is 0 Å². The Morgan fingerprint density at radius 2 is 2.32 bits per heavy atom. The van der Waals surface area contributed by atoms with Crippen molar-refractivity contribution in [1.82, 2.24) is 15.3 Å². The first kappa shape index (κ1) is 14.1. The van der Waals surface area contributed by atoms with Crippen LogP contribution in [0, 0.1) is 0 Å². The van der Waals surface area contributed by atoms with E-state index in [0.717, 1.165) is 25.3 Å². The van der Waals surface area contributed by atoms with Crippen molar-refractivity contribution in [3.05, 3.63) is 12.4 Å². The molecule has 1 atom stereocenters. The first-order valence-corrected chi connectivity index (χ1v) is 7.21. The van der Waals surface area contributed by atoms with E-state index < -0.39 is 0 Å². The second-order valence-corrected chi connectivity index (χ2v) is 4.88. The van der Waals surface area contributed by atoms with Gasteiger partial charge in [0.1, 0.15) is 12.1 Å². The maximum absolute atomic E-state index is 5.46. The monoisotopic (exact) mass is 264 g/mol. The lowest BCUT2D eigenvalue weighted by atomic mass is 9.99. The van der Waals surface area contributed by atoms with E-state index >= 15 is 0 Å². The highest BCUT2D eigenvalue weighted by atomic mass is 16.5. The molecule has 106 valence electrons. The summed E-state index contributed by atoms with van der Waals surface area (Å²) in [5, 5.41) is 3.23. The summed E-state index contributed by atoms with van der Waals surface area (Å²) in [6.45, 7) is 4.74. The van der Waals surface area contributed by atoms with Gasteiger partial charge in [-0.05, 0) is 46.2 Å². The Labute approximate surface area is 115 Å². The van der Waals surface area contributed by atoms with E-state index in [0.29, 0.717) is 18.5 Å². The first-order valence-electron chi connectivity index (χ1n) is 7.21. The molecular weight excluding hydrogens is 240 g/mol. The number of nitrogens with one attached hydrogen (secondary N) is 1. The van der Waals surface area contributed by atoms with Gasteiger partial charge in [0.2, 0.25) is 5.88 Å². The molecule has 0 spiro atoms. The van der Waals surface area contributed by atoms with Crippen molar-refractivity contribution in [1.29, 1.82) is 0 Å². The number of hydrogen-bond donors (Lipinski definition) is 1. The van der Waals surface area contributed by atoms with Crippen LogP contribution in [-0.2, 0) is 0 Å². The molecule has 0 saturated carbocycles. The highest BCUT2D eigenvalue weighted by Crippen LogP contribution is 2.26. The van der Waals surface area contributed by atoms with Gasteiger partial charge in [-0.15, -0.1) is 0 Å². The summed E-state index contributed by atoms with van der Waals surface area (Å²) in [5.74, 6) is 1.67. The van der Waals surface area contributed by atoms with Crippen LogP contribution in [0.15, 0.2) is 12.4 Å². The van der Waals surface area contributed by atoms with Gasteiger partial charge in [0, 0.05) is 18.7 Å². The highest BCUT2D eigenvalue weighted by Gasteiger charge is 2.23. The zero-order valence-corrected chi connectivity index (χ0v) is 11.9. The minimum absolute atomic E-state index is 0.575. The van der Waals surface area contributed by atoms with E-state index in [1.807, 2.05) is 20.0 Å². The van der Waals surface area contributed by atoms with Crippen molar-refractivity contribution >= 4 is 5.82 Å². The first-order chi connectivity index (χ1) is 9.35. The molecule has 2 rings (SSSR count). The van der Waals surface area contributed by atoms with E-state index in [4.69, 9.17) is 4.74 Å². The van der Waals surface area contributed by atoms with Crippen molar-refractivity contribution in [2.75, 3.05) is 31.6 Å². The Hall–Kier alpha value is -1.36. The van der Waals surface area contributed by atoms with Gasteiger partial charge in [-0.3, -0.25) is 0 Å². The molecule has 5 heteroatoms. The molecule has 0 aromatic carbocycles. The van der Waals surface area contributed by atoms with Gasteiger partial charge in [-0.2, -0.15) is 0 Å². The molecule has 1 N–H and O–H groups in total. The fourth-order valence-electron chi connectivity index (χ4n) is 2.63. The van der Waals surface area contributed by atoms with Crippen LogP contribution in [0.2, 0.25) is 0 Å². The second kappa shape index (κ2) is 7.28. The minimum Gasteiger partial charge on any atom is -0.478 e. The third-order valence-corrected chi connectivity index (χ3v) is 3.57. The molecule has 1 aliphatic heterocycles. The average Bonchev–Trinajstić information content (AvgIpc) is 2.46. The molecule has 5 nitrogen and oxygen atoms in total. The standard InChI is InChI=1S/C14H24N4O/c1-3-19-14-10-13(16-11-17-14)18-9-5-4-6-12(18)7-8-15-2/h10-12,15H,3-9H2,1-2H3. The van der Waals surface area contributed by atoms with Crippen LogP contribution >= 0.6 is 0 Å². The molecule has 1 aromatic rings. The summed E-state index contributed by atoms with van der Waals surface area (Å²) in [7, 11) is 2.01. The van der Waals surface area contributed by atoms with Gasteiger partial charge in [0.15, 0.2) is 0 Å². The molecule has 0 amide bonds. The van der Waals surface area contributed by atoms with Crippen molar-refractivity contribution in [3.63, 3.8) is 0 Å². The number of nitrogens with zero attached hydrogens (tertiary/aromatic N) is 3. The second-order valence-electron chi connectivity index (χ2n) is 4.88. The third kappa shape index (κ3) is 3.80. The predicted octanol–water partition coefficient (Wildman–Crippen LogP) is 1.84. The summed E-state index contributed by atoms with van der Waals surface area (Å²) >= 11 is 0. The Bertz CT molecular complexity index is 385. The molecule has 0 aliphatic carbocycles. The molecule has 1 saturated heterocycles. The zero-order chi connectivity index (χ0) is 13.5. The SMILES string of the molecule is CCOc1cc(N2CCCCC2CCNC)ncn1. The van der Waals surface area contributed by atoms with E-state index in [1.54, 1.807) is 6.33 Å². The number of hydrogen-bond acceptors (Lipinski definition) is 5. The summed E-state index contributed by atoms with van der Waals surface area (Å²) in [6, 6.07) is 2.53. The van der Waals surface area contributed by atoms with Crippen LogP contribution in [0.25, 0.3) is 0 Å². The van der Waals surface area contributed by atoms with Crippen LogP contribution in [0.4, 0.5) is 5.82 Å². The Morgan fingerprint density at radius 1 is 1.42 bits per heavy atom. The van der Waals surface area contributed by atoms with Crippen LogP contribution in [0.5, 0.6) is 5.88 Å². The molecule has 1 unspecified atom stereocenters. The summed E-state index contributed by atoms with van der Waals surface area (Å²) in [6.07, 6.45) is 6.56. The molecular formula is C14H24N4O.